The Labute approximate surface area is 163 Å². The molecule has 0 aliphatic rings. The Morgan fingerprint density at radius 2 is 1.79 bits per heavy atom. The van der Waals surface area contributed by atoms with Crippen molar-refractivity contribution in [3.63, 3.8) is 0 Å². The van der Waals surface area contributed by atoms with Crippen LogP contribution in [0.15, 0.2) is 42.5 Å². The average Bonchev–Trinajstić information content (AvgIpc) is 3.17. The quantitative estimate of drug-likeness (QED) is 0.622. The molecule has 2 aromatic carbocycles. The molecular formula is C21H23N3O4. The van der Waals surface area contributed by atoms with E-state index in [-0.39, 0.29) is 11.9 Å². The summed E-state index contributed by atoms with van der Waals surface area (Å²) < 4.78 is 17.2. The van der Waals surface area contributed by atoms with Gasteiger partial charge in [0.05, 0.1) is 26.4 Å². The number of aryl methyl sites for hydroxylation is 1. The Balaban J connectivity index is 2.08. The lowest BCUT2D eigenvalue weighted by atomic mass is 10.1. The van der Waals surface area contributed by atoms with Crippen molar-refractivity contribution in [3.8, 4) is 28.9 Å². The topological polar surface area (TPSA) is 75.5 Å². The number of carbonyl (C=O) groups is 1. The molecule has 28 heavy (non-hydrogen) atoms. The zero-order chi connectivity index (χ0) is 20.1. The molecule has 146 valence electrons. The normalized spacial score (nSPS) is 10.6. The molecule has 0 bridgehead atoms. The van der Waals surface area contributed by atoms with Gasteiger partial charge in [0.1, 0.15) is 11.5 Å². The maximum absolute atomic E-state index is 13.2. The summed E-state index contributed by atoms with van der Waals surface area (Å²) in [5.41, 5.74) is 2.32. The van der Waals surface area contributed by atoms with Gasteiger partial charge in [-0.2, -0.15) is 9.67 Å². The van der Waals surface area contributed by atoms with Gasteiger partial charge in [0.25, 0.3) is 5.91 Å². The van der Waals surface area contributed by atoms with Crippen LogP contribution in [0.3, 0.4) is 0 Å². The van der Waals surface area contributed by atoms with Crippen LogP contribution in [0, 0.1) is 0 Å². The lowest BCUT2D eigenvalue weighted by Crippen LogP contribution is -2.16. The Morgan fingerprint density at radius 1 is 1.04 bits per heavy atom. The highest BCUT2D eigenvalue weighted by molar-refractivity contribution is 6.00. The molecule has 0 aliphatic carbocycles. The summed E-state index contributed by atoms with van der Waals surface area (Å²) in [6.07, 6.45) is 0.930. The molecule has 0 aliphatic heterocycles. The number of hydrogen-bond donors (Lipinski definition) is 0. The van der Waals surface area contributed by atoms with Gasteiger partial charge in [-0.3, -0.25) is 4.79 Å². The van der Waals surface area contributed by atoms with Gasteiger partial charge in [-0.15, -0.1) is 5.10 Å². The number of methoxy groups -OCH3 is 2. The summed E-state index contributed by atoms with van der Waals surface area (Å²) in [6, 6.07) is 13.0. The van der Waals surface area contributed by atoms with E-state index in [0.717, 1.165) is 12.0 Å². The van der Waals surface area contributed by atoms with E-state index in [0.29, 0.717) is 29.5 Å². The summed E-state index contributed by atoms with van der Waals surface area (Å²) in [4.78, 5) is 17.6. The molecule has 0 unspecified atom stereocenters. The van der Waals surface area contributed by atoms with Crippen molar-refractivity contribution in [2.75, 3.05) is 20.8 Å². The Hall–Kier alpha value is -3.35. The van der Waals surface area contributed by atoms with Gasteiger partial charge in [0.2, 0.25) is 0 Å². The molecule has 0 N–H and O–H groups in total. The molecule has 3 rings (SSSR count). The lowest BCUT2D eigenvalue weighted by molar-refractivity contribution is 0.0941. The van der Waals surface area contributed by atoms with Gasteiger partial charge < -0.3 is 14.2 Å². The molecule has 0 spiro atoms. The molecule has 1 heterocycles. The number of rotatable bonds is 7. The van der Waals surface area contributed by atoms with E-state index in [1.807, 2.05) is 31.2 Å². The summed E-state index contributed by atoms with van der Waals surface area (Å²) in [6.45, 7) is 4.33. The van der Waals surface area contributed by atoms with Crippen molar-refractivity contribution < 1.29 is 19.0 Å². The second-order valence-corrected chi connectivity index (χ2v) is 5.98. The molecule has 0 atom stereocenters. The third-order valence-corrected chi connectivity index (χ3v) is 4.31. The highest BCUT2D eigenvalue weighted by Crippen LogP contribution is 2.28. The number of hydrogen-bond acceptors (Lipinski definition) is 6. The molecular weight excluding hydrogens is 358 g/mol. The van der Waals surface area contributed by atoms with Crippen molar-refractivity contribution in [3.05, 3.63) is 53.6 Å². The Kier molecular flexibility index (Phi) is 5.93. The first-order valence-electron chi connectivity index (χ1n) is 9.07. The molecule has 0 fully saturated rings. The van der Waals surface area contributed by atoms with Crippen LogP contribution < -0.4 is 14.2 Å². The van der Waals surface area contributed by atoms with E-state index in [1.54, 1.807) is 25.3 Å². The first-order valence-corrected chi connectivity index (χ1v) is 9.07. The SMILES string of the molecule is CCOc1nc(-c2ccc(CC)cc2)n(C(=O)c2ccc(OC)cc2OC)n1. The number of carbonyl (C=O) groups excluding carboxylic acids is 1. The molecule has 0 radical (unpaired) electrons. The van der Waals surface area contributed by atoms with Crippen LogP contribution in [0.1, 0.15) is 29.8 Å². The molecule has 0 amide bonds. The third-order valence-electron chi connectivity index (χ3n) is 4.31. The van der Waals surface area contributed by atoms with Gasteiger partial charge in [0.15, 0.2) is 5.82 Å². The molecule has 1 aromatic heterocycles. The van der Waals surface area contributed by atoms with Crippen LogP contribution in [0.5, 0.6) is 17.5 Å². The zero-order valence-corrected chi connectivity index (χ0v) is 16.4. The minimum absolute atomic E-state index is 0.151. The lowest BCUT2D eigenvalue weighted by Gasteiger charge is -2.10. The second-order valence-electron chi connectivity index (χ2n) is 5.98. The van der Waals surface area contributed by atoms with E-state index in [2.05, 4.69) is 17.0 Å². The van der Waals surface area contributed by atoms with E-state index in [9.17, 15) is 4.79 Å². The van der Waals surface area contributed by atoms with Gasteiger partial charge >= 0.3 is 6.01 Å². The van der Waals surface area contributed by atoms with E-state index in [1.165, 1.54) is 17.4 Å². The van der Waals surface area contributed by atoms with Gasteiger partial charge in [-0.25, -0.2) is 0 Å². The number of ether oxygens (including phenoxy) is 3. The van der Waals surface area contributed by atoms with Crippen molar-refractivity contribution in [2.45, 2.75) is 20.3 Å². The first-order chi connectivity index (χ1) is 13.6. The highest BCUT2D eigenvalue weighted by atomic mass is 16.5. The van der Waals surface area contributed by atoms with E-state index >= 15 is 0 Å². The van der Waals surface area contributed by atoms with E-state index < -0.39 is 0 Å². The van der Waals surface area contributed by atoms with Crippen LogP contribution in [0.2, 0.25) is 0 Å². The number of aromatic nitrogens is 3. The fourth-order valence-electron chi connectivity index (χ4n) is 2.79. The number of nitrogens with zero attached hydrogens (tertiary/aromatic N) is 3. The predicted molar refractivity (Wildman–Crippen MR) is 105 cm³/mol. The largest absolute Gasteiger partial charge is 0.497 e. The molecule has 3 aromatic rings. The Morgan fingerprint density at radius 3 is 2.39 bits per heavy atom. The van der Waals surface area contributed by atoms with Crippen molar-refractivity contribution >= 4 is 5.91 Å². The van der Waals surface area contributed by atoms with Crippen LogP contribution >= 0.6 is 0 Å². The van der Waals surface area contributed by atoms with Crippen LogP contribution in [0.4, 0.5) is 0 Å². The average molecular weight is 381 g/mol. The molecule has 7 heteroatoms. The summed E-state index contributed by atoms with van der Waals surface area (Å²) in [5, 5.41) is 4.26. The van der Waals surface area contributed by atoms with Crippen LogP contribution in [-0.4, -0.2) is 41.5 Å². The maximum atomic E-state index is 13.2. The minimum atomic E-state index is -0.368. The zero-order valence-electron chi connectivity index (χ0n) is 16.4. The monoisotopic (exact) mass is 381 g/mol. The molecule has 7 nitrogen and oxygen atoms in total. The van der Waals surface area contributed by atoms with Crippen molar-refractivity contribution in [2.24, 2.45) is 0 Å². The fourth-order valence-corrected chi connectivity index (χ4v) is 2.79. The predicted octanol–water partition coefficient (Wildman–Crippen LogP) is 3.61. The second kappa shape index (κ2) is 8.56. The summed E-state index contributed by atoms with van der Waals surface area (Å²) >= 11 is 0. The van der Waals surface area contributed by atoms with Gasteiger partial charge in [0, 0.05) is 11.6 Å². The first kappa shape index (κ1) is 19.4. The Bertz CT molecular complexity index is 964. The van der Waals surface area contributed by atoms with Crippen molar-refractivity contribution in [1.82, 2.24) is 14.8 Å². The molecule has 0 saturated carbocycles. The van der Waals surface area contributed by atoms with Crippen LogP contribution in [-0.2, 0) is 6.42 Å². The summed E-state index contributed by atoms with van der Waals surface area (Å²) in [5.74, 6) is 1.03. The van der Waals surface area contributed by atoms with Crippen molar-refractivity contribution in [1.29, 1.82) is 0 Å². The fraction of sp³-hybridized carbons (Fsp3) is 0.286. The van der Waals surface area contributed by atoms with Crippen LogP contribution in [0.25, 0.3) is 11.4 Å². The minimum Gasteiger partial charge on any atom is -0.497 e. The highest BCUT2D eigenvalue weighted by Gasteiger charge is 2.23. The van der Waals surface area contributed by atoms with E-state index in [4.69, 9.17) is 14.2 Å². The smallest absolute Gasteiger partial charge is 0.336 e. The van der Waals surface area contributed by atoms with Gasteiger partial charge in [-0.05, 0) is 31.0 Å². The molecule has 0 saturated heterocycles. The standard InChI is InChI=1S/C21H23N3O4/c1-5-14-7-9-15(10-8-14)19-22-21(28-6-2)23-24(19)20(25)17-12-11-16(26-3)13-18(17)27-4/h7-13H,5-6H2,1-4H3. The maximum Gasteiger partial charge on any atom is 0.336 e. The number of benzene rings is 2. The summed E-state index contributed by atoms with van der Waals surface area (Å²) in [7, 11) is 3.06. The van der Waals surface area contributed by atoms with Gasteiger partial charge in [-0.1, -0.05) is 31.2 Å². The third kappa shape index (κ3) is 3.83.